The van der Waals surface area contributed by atoms with E-state index >= 15 is 0 Å². The van der Waals surface area contributed by atoms with Crippen molar-refractivity contribution in [3.8, 4) is 0 Å². The Bertz CT molecular complexity index is 598. The van der Waals surface area contributed by atoms with Crippen LogP contribution in [-0.4, -0.2) is 34.8 Å². The van der Waals surface area contributed by atoms with Crippen molar-refractivity contribution < 1.29 is 14.6 Å². The first-order valence-corrected chi connectivity index (χ1v) is 10.6. The van der Waals surface area contributed by atoms with Crippen molar-refractivity contribution in [1.82, 2.24) is 4.90 Å². The molecule has 4 heteroatoms. The smallest absolute Gasteiger partial charge is 0.407 e. The SMILES string of the molecule is CC(C)(C)N(CCC=CC1CCC(CCOCc2ccccc2)CC1)C(=O)O. The van der Waals surface area contributed by atoms with Gasteiger partial charge in [-0.2, -0.15) is 0 Å². The Kier molecular flexibility index (Phi) is 9.04. The maximum Gasteiger partial charge on any atom is 0.407 e. The van der Waals surface area contributed by atoms with E-state index in [1.165, 1.54) is 36.1 Å². The molecule has 0 atom stereocenters. The predicted molar refractivity (Wildman–Crippen MR) is 114 cm³/mol. The lowest BCUT2D eigenvalue weighted by Gasteiger charge is -2.33. The van der Waals surface area contributed by atoms with Crippen molar-refractivity contribution in [3.63, 3.8) is 0 Å². The first kappa shape index (κ1) is 22.5. The molecule has 1 aromatic rings. The van der Waals surface area contributed by atoms with Gasteiger partial charge in [-0.15, -0.1) is 0 Å². The molecule has 0 aromatic heterocycles. The van der Waals surface area contributed by atoms with Crippen LogP contribution in [-0.2, 0) is 11.3 Å². The van der Waals surface area contributed by atoms with Gasteiger partial charge in [0.1, 0.15) is 0 Å². The minimum atomic E-state index is -0.837. The number of benzene rings is 1. The lowest BCUT2D eigenvalue weighted by molar-refractivity contribution is 0.0993. The standard InChI is InChI=1S/C24H37NO3/c1-24(2,3)25(23(26)27)17-8-7-9-20-12-14-21(15-13-20)16-18-28-19-22-10-5-4-6-11-22/h4-7,9-11,20-21H,8,12-19H2,1-3H3,(H,26,27). The average Bonchev–Trinajstić information content (AvgIpc) is 2.65. The number of carboxylic acid groups (broad SMARTS) is 1. The third-order valence-electron chi connectivity index (χ3n) is 5.64. The maximum absolute atomic E-state index is 11.4. The highest BCUT2D eigenvalue weighted by molar-refractivity contribution is 5.65. The van der Waals surface area contributed by atoms with Crippen LogP contribution in [0.5, 0.6) is 0 Å². The fraction of sp³-hybridized carbons (Fsp3) is 0.625. The molecule has 0 heterocycles. The summed E-state index contributed by atoms with van der Waals surface area (Å²) in [5.74, 6) is 1.43. The Morgan fingerprint density at radius 1 is 1.18 bits per heavy atom. The van der Waals surface area contributed by atoms with Crippen molar-refractivity contribution in [3.05, 3.63) is 48.0 Å². The summed E-state index contributed by atoms with van der Waals surface area (Å²) in [6.45, 7) is 7.93. The van der Waals surface area contributed by atoms with Crippen molar-refractivity contribution in [1.29, 1.82) is 0 Å². The minimum Gasteiger partial charge on any atom is -0.465 e. The molecule has 0 unspecified atom stereocenters. The van der Waals surface area contributed by atoms with Crippen molar-refractivity contribution in [2.45, 2.75) is 71.4 Å². The molecule has 1 aromatic carbocycles. The topological polar surface area (TPSA) is 49.8 Å². The van der Waals surface area contributed by atoms with E-state index in [1.807, 2.05) is 26.8 Å². The maximum atomic E-state index is 11.4. The van der Waals surface area contributed by atoms with Crippen molar-refractivity contribution >= 4 is 6.09 Å². The molecule has 156 valence electrons. The van der Waals surface area contributed by atoms with Gasteiger partial charge in [0, 0.05) is 18.7 Å². The molecular formula is C24H37NO3. The largest absolute Gasteiger partial charge is 0.465 e. The van der Waals surface area contributed by atoms with E-state index in [1.54, 1.807) is 0 Å². The summed E-state index contributed by atoms with van der Waals surface area (Å²) in [4.78, 5) is 12.9. The Morgan fingerprint density at radius 3 is 2.46 bits per heavy atom. The number of rotatable bonds is 9. The Balaban J connectivity index is 1.59. The van der Waals surface area contributed by atoms with Gasteiger partial charge in [0.15, 0.2) is 0 Å². The van der Waals surface area contributed by atoms with Crippen LogP contribution in [0.1, 0.15) is 64.9 Å². The van der Waals surface area contributed by atoms with Gasteiger partial charge in [0.25, 0.3) is 0 Å². The van der Waals surface area contributed by atoms with Gasteiger partial charge >= 0.3 is 6.09 Å². The minimum absolute atomic E-state index is 0.347. The van der Waals surface area contributed by atoms with Crippen LogP contribution in [0.3, 0.4) is 0 Å². The van der Waals surface area contributed by atoms with Crippen LogP contribution in [0, 0.1) is 11.8 Å². The molecule has 0 aliphatic heterocycles. The fourth-order valence-electron chi connectivity index (χ4n) is 3.89. The summed E-state index contributed by atoms with van der Waals surface area (Å²) in [5.41, 5.74) is 0.893. The number of carbonyl (C=O) groups is 1. The van der Waals surface area contributed by atoms with Crippen LogP contribution in [0.2, 0.25) is 0 Å². The van der Waals surface area contributed by atoms with E-state index < -0.39 is 6.09 Å². The fourth-order valence-corrected chi connectivity index (χ4v) is 3.89. The number of ether oxygens (including phenoxy) is 1. The van der Waals surface area contributed by atoms with E-state index in [4.69, 9.17) is 4.74 Å². The normalized spacial score (nSPS) is 20.4. The first-order valence-electron chi connectivity index (χ1n) is 10.6. The molecule has 0 bridgehead atoms. The van der Waals surface area contributed by atoms with Crippen molar-refractivity contribution in [2.24, 2.45) is 11.8 Å². The summed E-state index contributed by atoms with van der Waals surface area (Å²) in [7, 11) is 0. The van der Waals surface area contributed by atoms with E-state index in [0.717, 1.165) is 25.4 Å². The Morgan fingerprint density at radius 2 is 1.86 bits per heavy atom. The highest BCUT2D eigenvalue weighted by Crippen LogP contribution is 2.31. The van der Waals surface area contributed by atoms with Crippen LogP contribution in [0.15, 0.2) is 42.5 Å². The highest BCUT2D eigenvalue weighted by Gasteiger charge is 2.25. The summed E-state index contributed by atoms with van der Waals surface area (Å²) >= 11 is 0. The Hall–Kier alpha value is -1.81. The number of hydrogen-bond donors (Lipinski definition) is 1. The molecule has 1 aliphatic rings. The number of nitrogens with zero attached hydrogens (tertiary/aromatic N) is 1. The van der Waals surface area contributed by atoms with E-state index in [0.29, 0.717) is 19.1 Å². The quantitative estimate of drug-likeness (QED) is 0.410. The first-order chi connectivity index (χ1) is 13.4. The zero-order valence-electron chi connectivity index (χ0n) is 17.8. The molecule has 1 amide bonds. The summed E-state index contributed by atoms with van der Waals surface area (Å²) < 4.78 is 5.83. The lowest BCUT2D eigenvalue weighted by atomic mass is 9.80. The van der Waals surface area contributed by atoms with Gasteiger partial charge in [-0.25, -0.2) is 4.79 Å². The molecule has 0 radical (unpaired) electrons. The van der Waals surface area contributed by atoms with E-state index in [2.05, 4.69) is 36.4 Å². The molecule has 1 saturated carbocycles. The predicted octanol–water partition coefficient (Wildman–Crippen LogP) is 6.12. The van der Waals surface area contributed by atoms with Gasteiger partial charge in [-0.3, -0.25) is 0 Å². The summed E-state index contributed by atoms with van der Waals surface area (Å²) in [5, 5.41) is 9.33. The van der Waals surface area contributed by atoms with E-state index in [-0.39, 0.29) is 5.54 Å². The van der Waals surface area contributed by atoms with Crippen molar-refractivity contribution in [2.75, 3.05) is 13.2 Å². The molecule has 2 rings (SSSR count). The summed E-state index contributed by atoms with van der Waals surface area (Å²) in [6.07, 6.45) is 10.6. The van der Waals surface area contributed by atoms with Gasteiger partial charge < -0.3 is 14.7 Å². The number of allylic oxidation sites excluding steroid dienone is 1. The van der Waals surface area contributed by atoms with Gasteiger partial charge in [-0.05, 0) is 76.7 Å². The highest BCUT2D eigenvalue weighted by atomic mass is 16.5. The lowest BCUT2D eigenvalue weighted by Crippen LogP contribution is -2.45. The molecule has 28 heavy (non-hydrogen) atoms. The van der Waals surface area contributed by atoms with E-state index in [9.17, 15) is 9.90 Å². The molecule has 1 fully saturated rings. The zero-order chi connectivity index (χ0) is 20.4. The molecule has 0 spiro atoms. The molecule has 1 N–H and O–H groups in total. The zero-order valence-corrected chi connectivity index (χ0v) is 17.8. The monoisotopic (exact) mass is 387 g/mol. The van der Waals surface area contributed by atoms with Gasteiger partial charge in [-0.1, -0.05) is 42.5 Å². The molecular weight excluding hydrogens is 350 g/mol. The number of hydrogen-bond acceptors (Lipinski definition) is 2. The molecule has 4 nitrogen and oxygen atoms in total. The van der Waals surface area contributed by atoms with Crippen LogP contribution >= 0.6 is 0 Å². The third kappa shape index (κ3) is 8.05. The van der Waals surface area contributed by atoms with Gasteiger partial charge in [0.05, 0.1) is 6.61 Å². The van der Waals surface area contributed by atoms with Gasteiger partial charge in [0.2, 0.25) is 0 Å². The molecule has 0 saturated heterocycles. The Labute approximate surface area is 170 Å². The second kappa shape index (κ2) is 11.3. The number of amides is 1. The molecule has 1 aliphatic carbocycles. The van der Waals surface area contributed by atoms with Crippen LogP contribution in [0.4, 0.5) is 4.79 Å². The van der Waals surface area contributed by atoms with Crippen LogP contribution < -0.4 is 0 Å². The van der Waals surface area contributed by atoms with Crippen LogP contribution in [0.25, 0.3) is 0 Å². The second-order valence-electron chi connectivity index (χ2n) is 8.93. The average molecular weight is 388 g/mol. The third-order valence-corrected chi connectivity index (χ3v) is 5.64. The summed E-state index contributed by atoms with van der Waals surface area (Å²) in [6, 6.07) is 10.3. The second-order valence-corrected chi connectivity index (χ2v) is 8.93.